The zero-order valence-electron chi connectivity index (χ0n) is 17.7. The number of guanidine groups is 1. The lowest BCUT2D eigenvalue weighted by atomic mass is 10.1. The maximum atomic E-state index is 5.97. The maximum Gasteiger partial charge on any atom is 0.212 e. The minimum Gasteiger partial charge on any atom is -0.353 e. The molecule has 0 atom stereocenters. The molecule has 30 heavy (non-hydrogen) atoms. The molecule has 0 aliphatic rings. The van der Waals surface area contributed by atoms with E-state index in [0.29, 0.717) is 16.0 Å². The first kappa shape index (κ1) is 23.7. The van der Waals surface area contributed by atoms with Crippen LogP contribution in [0.5, 0.6) is 0 Å². The van der Waals surface area contributed by atoms with Gasteiger partial charge in [0.05, 0.1) is 5.71 Å². The predicted octanol–water partition coefficient (Wildman–Crippen LogP) is 6.43. The SMILES string of the molecule is CC(C)N=C(NN=C(C=Cc1ccc(Cl)cc1)C=Cc1ccc(Cl)cc1)NC(C)C. The van der Waals surface area contributed by atoms with E-state index >= 15 is 0 Å². The van der Waals surface area contributed by atoms with Crippen molar-refractivity contribution in [1.29, 1.82) is 0 Å². The van der Waals surface area contributed by atoms with Crippen molar-refractivity contribution in [1.82, 2.24) is 10.7 Å². The predicted molar refractivity (Wildman–Crippen MR) is 132 cm³/mol. The number of allylic oxidation sites excluding steroid dienone is 2. The molecule has 0 aliphatic carbocycles. The van der Waals surface area contributed by atoms with Gasteiger partial charge >= 0.3 is 0 Å². The van der Waals surface area contributed by atoms with Crippen LogP contribution in [-0.2, 0) is 0 Å². The number of hydrogen-bond acceptors (Lipinski definition) is 2. The van der Waals surface area contributed by atoms with Gasteiger partial charge in [0.15, 0.2) is 0 Å². The number of hydrazone groups is 1. The van der Waals surface area contributed by atoms with Crippen LogP contribution >= 0.6 is 23.2 Å². The van der Waals surface area contributed by atoms with Gasteiger partial charge in [0.1, 0.15) is 0 Å². The van der Waals surface area contributed by atoms with Crippen molar-refractivity contribution in [2.45, 2.75) is 39.8 Å². The number of aliphatic imine (C=N–C) groups is 1. The molecule has 0 spiro atoms. The van der Waals surface area contributed by atoms with Crippen LogP contribution in [0.25, 0.3) is 12.2 Å². The summed E-state index contributed by atoms with van der Waals surface area (Å²) in [7, 11) is 0. The van der Waals surface area contributed by atoms with E-state index in [0.717, 1.165) is 16.8 Å². The maximum absolute atomic E-state index is 5.97. The lowest BCUT2D eigenvalue weighted by Crippen LogP contribution is -2.39. The van der Waals surface area contributed by atoms with Gasteiger partial charge in [0.2, 0.25) is 5.96 Å². The Bertz CT molecular complexity index is 852. The third-order valence-corrected chi connectivity index (χ3v) is 4.24. The first-order valence-corrected chi connectivity index (χ1v) is 10.6. The number of benzene rings is 2. The molecule has 0 fully saturated rings. The van der Waals surface area contributed by atoms with E-state index in [1.54, 1.807) is 0 Å². The van der Waals surface area contributed by atoms with E-state index in [1.807, 2.05) is 86.7 Å². The quantitative estimate of drug-likeness (QED) is 0.294. The van der Waals surface area contributed by atoms with Crippen LogP contribution in [0.4, 0.5) is 0 Å². The Morgan fingerprint density at radius 1 is 0.800 bits per heavy atom. The minimum absolute atomic E-state index is 0.145. The minimum atomic E-state index is 0.145. The highest BCUT2D eigenvalue weighted by Gasteiger charge is 2.02. The van der Waals surface area contributed by atoms with E-state index in [1.165, 1.54) is 0 Å². The van der Waals surface area contributed by atoms with Crippen LogP contribution in [0.3, 0.4) is 0 Å². The molecule has 0 unspecified atom stereocenters. The van der Waals surface area contributed by atoms with Crippen LogP contribution in [0, 0.1) is 0 Å². The van der Waals surface area contributed by atoms with Crippen molar-refractivity contribution in [2.75, 3.05) is 0 Å². The monoisotopic (exact) mass is 442 g/mol. The first-order chi connectivity index (χ1) is 14.3. The summed E-state index contributed by atoms with van der Waals surface area (Å²) in [5.74, 6) is 0.636. The largest absolute Gasteiger partial charge is 0.353 e. The molecule has 0 saturated heterocycles. The highest BCUT2D eigenvalue weighted by atomic mass is 35.5. The fourth-order valence-corrected chi connectivity index (χ4v) is 2.64. The molecular formula is C24H28Cl2N4. The summed E-state index contributed by atoms with van der Waals surface area (Å²) in [6.45, 7) is 8.16. The fourth-order valence-electron chi connectivity index (χ4n) is 2.39. The van der Waals surface area contributed by atoms with Gasteiger partial charge in [0, 0.05) is 22.1 Å². The second-order valence-corrected chi connectivity index (χ2v) is 8.16. The van der Waals surface area contributed by atoms with Gasteiger partial charge in [-0.15, -0.1) is 0 Å². The Labute approximate surface area is 189 Å². The number of halogens is 2. The molecule has 2 aromatic carbocycles. The number of hydrogen-bond donors (Lipinski definition) is 2. The molecule has 0 aliphatic heterocycles. The molecule has 2 aromatic rings. The topological polar surface area (TPSA) is 48.8 Å². The highest BCUT2D eigenvalue weighted by molar-refractivity contribution is 6.30. The summed E-state index contributed by atoms with van der Waals surface area (Å²) >= 11 is 11.9. The number of nitrogens with one attached hydrogen (secondary N) is 2. The van der Waals surface area contributed by atoms with Gasteiger partial charge in [0.25, 0.3) is 0 Å². The van der Waals surface area contributed by atoms with Gasteiger partial charge in [-0.3, -0.25) is 0 Å². The molecule has 0 saturated carbocycles. The summed E-state index contributed by atoms with van der Waals surface area (Å²) in [6, 6.07) is 15.7. The van der Waals surface area contributed by atoms with E-state index < -0.39 is 0 Å². The molecule has 0 heterocycles. The van der Waals surface area contributed by atoms with Crippen molar-refractivity contribution in [3.63, 3.8) is 0 Å². The second kappa shape index (κ2) is 12.2. The van der Waals surface area contributed by atoms with Crippen molar-refractivity contribution in [3.05, 3.63) is 81.9 Å². The summed E-state index contributed by atoms with van der Waals surface area (Å²) in [6.07, 6.45) is 7.84. The van der Waals surface area contributed by atoms with Gasteiger partial charge < -0.3 is 5.32 Å². The van der Waals surface area contributed by atoms with E-state index in [2.05, 4.69) is 34.7 Å². The van der Waals surface area contributed by atoms with E-state index in [9.17, 15) is 0 Å². The molecule has 0 aromatic heterocycles. The van der Waals surface area contributed by atoms with Gasteiger partial charge in [-0.1, -0.05) is 59.6 Å². The molecule has 2 rings (SSSR count). The normalized spacial score (nSPS) is 12.2. The van der Waals surface area contributed by atoms with Crippen molar-refractivity contribution in [3.8, 4) is 0 Å². The summed E-state index contributed by atoms with van der Waals surface area (Å²) < 4.78 is 0. The van der Waals surface area contributed by atoms with E-state index in [4.69, 9.17) is 23.2 Å². The molecular weight excluding hydrogens is 415 g/mol. The smallest absolute Gasteiger partial charge is 0.212 e. The molecule has 2 N–H and O–H groups in total. The van der Waals surface area contributed by atoms with Crippen LogP contribution in [0.15, 0.2) is 70.8 Å². The summed E-state index contributed by atoms with van der Waals surface area (Å²) in [5.41, 5.74) is 5.86. The van der Waals surface area contributed by atoms with Crippen LogP contribution in [0.1, 0.15) is 38.8 Å². The number of rotatable bonds is 7. The van der Waals surface area contributed by atoms with Crippen LogP contribution < -0.4 is 10.7 Å². The lowest BCUT2D eigenvalue weighted by Gasteiger charge is -2.13. The molecule has 0 radical (unpaired) electrons. The Morgan fingerprint density at radius 3 is 1.67 bits per heavy atom. The molecule has 4 nitrogen and oxygen atoms in total. The molecule has 158 valence electrons. The standard InChI is InChI=1S/C24H28Cl2N4/c1-17(2)27-24(28-18(3)4)30-29-23(15-9-19-5-11-21(25)12-6-19)16-10-20-7-13-22(26)14-8-20/h5-18H,1-4H3,(H2,27,28,30). The van der Waals surface area contributed by atoms with Crippen molar-refractivity contribution < 1.29 is 0 Å². The van der Waals surface area contributed by atoms with Crippen molar-refractivity contribution in [2.24, 2.45) is 10.1 Å². The third-order valence-electron chi connectivity index (χ3n) is 3.74. The average Bonchev–Trinajstić information content (AvgIpc) is 2.69. The number of nitrogens with zero attached hydrogens (tertiary/aromatic N) is 2. The Morgan fingerprint density at radius 2 is 1.27 bits per heavy atom. The van der Waals surface area contributed by atoms with Crippen LogP contribution in [0.2, 0.25) is 10.0 Å². The van der Waals surface area contributed by atoms with Gasteiger partial charge in [-0.2, -0.15) is 5.10 Å². The molecule has 0 amide bonds. The van der Waals surface area contributed by atoms with Crippen molar-refractivity contribution >= 4 is 47.0 Å². The Balaban J connectivity index is 2.27. The Hall–Kier alpha value is -2.56. The molecule has 6 heteroatoms. The summed E-state index contributed by atoms with van der Waals surface area (Å²) in [4.78, 5) is 4.55. The van der Waals surface area contributed by atoms with Gasteiger partial charge in [-0.25, -0.2) is 10.4 Å². The highest BCUT2D eigenvalue weighted by Crippen LogP contribution is 2.12. The Kier molecular flexibility index (Phi) is 9.65. The molecule has 0 bridgehead atoms. The average molecular weight is 443 g/mol. The van der Waals surface area contributed by atoms with Crippen LogP contribution in [-0.4, -0.2) is 23.8 Å². The zero-order valence-corrected chi connectivity index (χ0v) is 19.2. The second-order valence-electron chi connectivity index (χ2n) is 7.29. The summed E-state index contributed by atoms with van der Waals surface area (Å²) in [5, 5.41) is 9.24. The van der Waals surface area contributed by atoms with E-state index in [-0.39, 0.29) is 12.1 Å². The zero-order chi connectivity index (χ0) is 21.9. The van der Waals surface area contributed by atoms with Gasteiger partial charge in [-0.05, 0) is 75.2 Å². The third kappa shape index (κ3) is 9.29. The lowest BCUT2D eigenvalue weighted by molar-refractivity contribution is 0.692. The first-order valence-electron chi connectivity index (χ1n) is 9.87. The fraction of sp³-hybridized carbons (Fsp3) is 0.250.